The Morgan fingerprint density at radius 1 is 0.852 bits per heavy atom. The minimum atomic E-state index is -0.611. The second kappa shape index (κ2) is 7.60. The van der Waals surface area contributed by atoms with Crippen LogP contribution in [-0.4, -0.2) is 11.0 Å². The fourth-order valence-corrected chi connectivity index (χ4v) is 3.15. The Kier molecular flexibility index (Phi) is 4.86. The van der Waals surface area contributed by atoms with Crippen LogP contribution in [0.3, 0.4) is 0 Å². The molecule has 3 nitrogen and oxygen atoms in total. The number of carbonyl (C=O) groups is 1. The number of pyridine rings is 1. The van der Waals surface area contributed by atoms with Crippen molar-refractivity contribution in [1.82, 2.24) is 4.98 Å². The number of carbonyl (C=O) groups excluding carboxylic acids is 1. The van der Waals surface area contributed by atoms with E-state index in [-0.39, 0.29) is 0 Å². The molecule has 0 unspecified atom stereocenters. The van der Waals surface area contributed by atoms with Gasteiger partial charge in [0.2, 0.25) is 0 Å². The van der Waals surface area contributed by atoms with Crippen molar-refractivity contribution in [2.75, 3.05) is 0 Å². The lowest BCUT2D eigenvalue weighted by Gasteiger charge is -2.19. The number of fused-ring (bicyclic) bond motifs is 1. The van der Waals surface area contributed by atoms with Crippen LogP contribution in [0, 0.1) is 0 Å². The van der Waals surface area contributed by atoms with Crippen LogP contribution >= 0.6 is 11.6 Å². The zero-order valence-corrected chi connectivity index (χ0v) is 15.1. The minimum Gasteiger partial charge on any atom is -0.447 e. The Hall–Kier alpha value is -3.17. The third-order valence-corrected chi connectivity index (χ3v) is 4.61. The zero-order chi connectivity index (χ0) is 18.6. The van der Waals surface area contributed by atoms with Crippen LogP contribution in [0.25, 0.3) is 10.8 Å². The van der Waals surface area contributed by atoms with E-state index in [1.807, 2.05) is 60.7 Å². The summed E-state index contributed by atoms with van der Waals surface area (Å²) in [5.74, 6) is -0.421. The number of rotatable bonds is 4. The van der Waals surface area contributed by atoms with Crippen LogP contribution in [0.5, 0.6) is 0 Å². The van der Waals surface area contributed by atoms with Gasteiger partial charge in [0.25, 0.3) is 0 Å². The Balaban J connectivity index is 1.78. The van der Waals surface area contributed by atoms with Gasteiger partial charge in [0.05, 0.1) is 11.3 Å². The van der Waals surface area contributed by atoms with Crippen molar-refractivity contribution in [3.05, 3.63) is 113 Å². The molecule has 0 aliphatic heterocycles. The van der Waals surface area contributed by atoms with Gasteiger partial charge in [-0.05, 0) is 41.3 Å². The van der Waals surface area contributed by atoms with Crippen molar-refractivity contribution < 1.29 is 9.53 Å². The minimum absolute atomic E-state index is 0.421. The molecule has 0 amide bonds. The van der Waals surface area contributed by atoms with Gasteiger partial charge in [-0.1, -0.05) is 66.2 Å². The molecule has 27 heavy (non-hydrogen) atoms. The van der Waals surface area contributed by atoms with Gasteiger partial charge in [0.1, 0.15) is 0 Å². The van der Waals surface area contributed by atoms with Crippen molar-refractivity contribution in [1.29, 1.82) is 0 Å². The van der Waals surface area contributed by atoms with Gasteiger partial charge < -0.3 is 4.74 Å². The summed E-state index contributed by atoms with van der Waals surface area (Å²) in [6.07, 6.45) is 1.13. The number of hydrogen-bond acceptors (Lipinski definition) is 3. The first-order chi connectivity index (χ1) is 13.2. The molecule has 0 fully saturated rings. The first kappa shape index (κ1) is 17.3. The molecule has 0 saturated carbocycles. The van der Waals surface area contributed by atoms with Gasteiger partial charge >= 0.3 is 5.97 Å². The highest BCUT2D eigenvalue weighted by Crippen LogP contribution is 2.31. The molecule has 0 radical (unpaired) electrons. The third-order valence-electron chi connectivity index (χ3n) is 4.36. The summed E-state index contributed by atoms with van der Waals surface area (Å²) >= 11 is 5.92. The number of esters is 1. The number of aromatic nitrogens is 1. The van der Waals surface area contributed by atoms with Crippen molar-refractivity contribution in [3.8, 4) is 0 Å². The van der Waals surface area contributed by atoms with Crippen LogP contribution in [0.15, 0.2) is 91.1 Å². The summed E-state index contributed by atoms with van der Waals surface area (Å²) in [6.45, 7) is 0. The summed E-state index contributed by atoms with van der Waals surface area (Å²) in [4.78, 5) is 17.3. The maximum absolute atomic E-state index is 12.8. The lowest BCUT2D eigenvalue weighted by atomic mass is 10.0. The van der Waals surface area contributed by atoms with Gasteiger partial charge in [-0.2, -0.15) is 0 Å². The standard InChI is InChI=1S/C23H16ClNO2/c24-19-12-10-18(11-13-19)23(26)27-22(17-7-2-1-3-8-17)21-20-9-5-4-6-16(20)14-15-25-21/h1-15,22H/t22-/m0/s1. The van der Waals surface area contributed by atoms with Gasteiger partial charge in [-0.15, -0.1) is 0 Å². The molecule has 1 heterocycles. The molecule has 0 aliphatic rings. The number of halogens is 1. The predicted molar refractivity (Wildman–Crippen MR) is 107 cm³/mol. The highest BCUT2D eigenvalue weighted by Gasteiger charge is 2.23. The number of ether oxygens (including phenoxy) is 1. The van der Waals surface area contributed by atoms with Gasteiger partial charge in [0.15, 0.2) is 6.10 Å². The van der Waals surface area contributed by atoms with Crippen LogP contribution < -0.4 is 0 Å². The van der Waals surface area contributed by atoms with E-state index in [9.17, 15) is 4.79 Å². The lowest BCUT2D eigenvalue weighted by Crippen LogP contribution is -2.14. The van der Waals surface area contributed by atoms with E-state index in [1.165, 1.54) is 0 Å². The molecule has 4 heteroatoms. The van der Waals surface area contributed by atoms with Crippen LogP contribution in [0.4, 0.5) is 0 Å². The molecular formula is C23H16ClNO2. The van der Waals surface area contributed by atoms with E-state index in [0.717, 1.165) is 16.3 Å². The Bertz CT molecular complexity index is 1070. The number of hydrogen-bond donors (Lipinski definition) is 0. The van der Waals surface area contributed by atoms with E-state index in [4.69, 9.17) is 16.3 Å². The van der Waals surface area contributed by atoms with Gasteiger partial charge in [-0.3, -0.25) is 4.98 Å². The van der Waals surface area contributed by atoms with Gasteiger partial charge in [0, 0.05) is 16.6 Å². The number of nitrogens with zero attached hydrogens (tertiary/aromatic N) is 1. The monoisotopic (exact) mass is 373 g/mol. The molecule has 4 rings (SSSR count). The molecule has 132 valence electrons. The maximum atomic E-state index is 12.8. The number of benzene rings is 3. The largest absolute Gasteiger partial charge is 0.447 e. The molecule has 0 aliphatic carbocycles. The third kappa shape index (κ3) is 3.69. The Morgan fingerprint density at radius 2 is 1.56 bits per heavy atom. The summed E-state index contributed by atoms with van der Waals surface area (Å²) in [6, 6.07) is 26.2. The molecule has 1 aromatic heterocycles. The first-order valence-corrected chi connectivity index (χ1v) is 8.95. The van der Waals surface area contributed by atoms with Crippen molar-refractivity contribution >= 4 is 28.3 Å². The molecule has 0 N–H and O–H groups in total. The molecular weight excluding hydrogens is 358 g/mol. The zero-order valence-electron chi connectivity index (χ0n) is 14.4. The molecule has 4 aromatic rings. The fraction of sp³-hybridized carbons (Fsp3) is 0.0435. The first-order valence-electron chi connectivity index (χ1n) is 8.57. The molecule has 0 spiro atoms. The van der Waals surface area contributed by atoms with E-state index in [1.54, 1.807) is 30.5 Å². The predicted octanol–water partition coefficient (Wildman–Crippen LogP) is 5.83. The quantitative estimate of drug-likeness (QED) is 0.422. The topological polar surface area (TPSA) is 39.2 Å². The highest BCUT2D eigenvalue weighted by molar-refractivity contribution is 6.30. The fourth-order valence-electron chi connectivity index (χ4n) is 3.02. The second-order valence-corrected chi connectivity index (χ2v) is 6.56. The Labute approximate surface area is 162 Å². The average molecular weight is 374 g/mol. The van der Waals surface area contributed by atoms with E-state index < -0.39 is 12.1 Å². The summed E-state index contributed by atoms with van der Waals surface area (Å²) in [7, 11) is 0. The molecule has 0 bridgehead atoms. The summed E-state index contributed by atoms with van der Waals surface area (Å²) in [5, 5.41) is 2.57. The lowest BCUT2D eigenvalue weighted by molar-refractivity contribution is 0.0373. The van der Waals surface area contributed by atoms with E-state index in [2.05, 4.69) is 4.98 Å². The SMILES string of the molecule is O=C(O[C@@H](c1ccccc1)c1nccc2ccccc12)c1ccc(Cl)cc1. The van der Waals surface area contributed by atoms with Crippen molar-refractivity contribution in [3.63, 3.8) is 0 Å². The molecule has 1 atom stereocenters. The van der Waals surface area contributed by atoms with Crippen LogP contribution in [0.1, 0.15) is 27.7 Å². The highest BCUT2D eigenvalue weighted by atomic mass is 35.5. The second-order valence-electron chi connectivity index (χ2n) is 6.12. The maximum Gasteiger partial charge on any atom is 0.339 e. The van der Waals surface area contributed by atoms with Crippen molar-refractivity contribution in [2.24, 2.45) is 0 Å². The normalized spacial score (nSPS) is 11.9. The molecule has 0 saturated heterocycles. The van der Waals surface area contributed by atoms with Crippen LogP contribution in [0.2, 0.25) is 5.02 Å². The van der Waals surface area contributed by atoms with E-state index >= 15 is 0 Å². The van der Waals surface area contributed by atoms with Crippen molar-refractivity contribution in [2.45, 2.75) is 6.10 Å². The van der Waals surface area contributed by atoms with Gasteiger partial charge in [-0.25, -0.2) is 4.79 Å². The van der Waals surface area contributed by atoms with Crippen LogP contribution in [-0.2, 0) is 4.74 Å². The van der Waals surface area contributed by atoms with E-state index in [0.29, 0.717) is 16.3 Å². The summed E-state index contributed by atoms with van der Waals surface area (Å²) < 4.78 is 5.91. The summed E-state index contributed by atoms with van der Waals surface area (Å²) in [5.41, 5.74) is 2.02. The molecule has 3 aromatic carbocycles. The Morgan fingerprint density at radius 3 is 2.33 bits per heavy atom. The smallest absolute Gasteiger partial charge is 0.339 e. The average Bonchev–Trinajstić information content (AvgIpc) is 2.73.